The maximum atomic E-state index is 10.1. The third kappa shape index (κ3) is 1.91. The van der Waals surface area contributed by atoms with Crippen LogP contribution in [0.5, 0.6) is 0 Å². The highest BCUT2D eigenvalue weighted by Gasteiger charge is 2.13. The van der Waals surface area contributed by atoms with Crippen molar-refractivity contribution < 1.29 is 5.11 Å². The summed E-state index contributed by atoms with van der Waals surface area (Å²) in [5.41, 5.74) is 0. The smallest absolute Gasteiger partial charge is 0.0954 e. The average Bonchev–Trinajstić information content (AvgIpc) is 2.91. The van der Waals surface area contributed by atoms with Gasteiger partial charge in [-0.2, -0.15) is 0 Å². The molecule has 16 heavy (non-hydrogen) atoms. The third-order valence-electron chi connectivity index (χ3n) is 2.34. The number of aromatic nitrogens is 1. The molecule has 3 aromatic heterocycles. The number of rotatable bonds is 3. The second-order valence-corrected chi connectivity index (χ2v) is 6.49. The lowest BCUT2D eigenvalue weighted by Crippen LogP contribution is -1.98. The van der Waals surface area contributed by atoms with E-state index >= 15 is 0 Å². The van der Waals surface area contributed by atoms with Gasteiger partial charge >= 0.3 is 0 Å². The molecule has 1 N–H and O–H groups in total. The molecule has 0 aliphatic heterocycles. The van der Waals surface area contributed by atoms with Crippen molar-refractivity contribution in [2.24, 2.45) is 0 Å². The van der Waals surface area contributed by atoms with Gasteiger partial charge in [0.1, 0.15) is 0 Å². The van der Waals surface area contributed by atoms with Crippen molar-refractivity contribution in [2.45, 2.75) is 12.5 Å². The molecule has 0 aromatic carbocycles. The van der Waals surface area contributed by atoms with E-state index in [9.17, 15) is 5.11 Å². The van der Waals surface area contributed by atoms with Crippen LogP contribution >= 0.6 is 34.0 Å². The Hall–Kier alpha value is -0.750. The number of thiophene rings is 2. The predicted molar refractivity (Wildman–Crippen MR) is 70.5 cm³/mol. The number of hydrogen-bond donors (Lipinski definition) is 1. The van der Waals surface area contributed by atoms with E-state index in [-0.39, 0.29) is 0 Å². The van der Waals surface area contributed by atoms with E-state index in [1.165, 1.54) is 9.40 Å². The summed E-state index contributed by atoms with van der Waals surface area (Å²) in [4.78, 5) is 5.23. The Morgan fingerprint density at radius 1 is 1.25 bits per heavy atom. The summed E-state index contributed by atoms with van der Waals surface area (Å²) in [6, 6.07) is 4.19. The standard InChI is InChI=1S/C11H9NOS3/c13-7(5-11-12-2-4-15-11)9-6-10-8(16-9)1-3-14-10/h1-4,6-7,13H,5H2. The molecule has 82 valence electrons. The van der Waals surface area contributed by atoms with Gasteiger partial charge in [0, 0.05) is 32.3 Å². The monoisotopic (exact) mass is 267 g/mol. The molecular formula is C11H9NOS3. The molecule has 0 aliphatic rings. The highest BCUT2D eigenvalue weighted by Crippen LogP contribution is 2.34. The Labute approximate surface area is 105 Å². The van der Waals surface area contributed by atoms with E-state index in [2.05, 4.69) is 22.5 Å². The van der Waals surface area contributed by atoms with E-state index in [0.29, 0.717) is 6.42 Å². The molecule has 0 saturated carbocycles. The first-order valence-corrected chi connectivity index (χ1v) is 7.44. The molecule has 1 atom stereocenters. The molecule has 0 saturated heterocycles. The summed E-state index contributed by atoms with van der Waals surface area (Å²) < 4.78 is 2.52. The van der Waals surface area contributed by atoms with E-state index in [0.717, 1.165) is 9.88 Å². The number of aliphatic hydroxyl groups excluding tert-OH is 1. The van der Waals surface area contributed by atoms with Gasteiger partial charge in [-0.15, -0.1) is 34.0 Å². The minimum Gasteiger partial charge on any atom is -0.387 e. The van der Waals surface area contributed by atoms with Gasteiger partial charge in [-0.05, 0) is 17.5 Å². The van der Waals surface area contributed by atoms with Gasteiger partial charge in [-0.25, -0.2) is 4.98 Å². The number of hydrogen-bond acceptors (Lipinski definition) is 5. The Morgan fingerprint density at radius 3 is 2.94 bits per heavy atom. The Balaban J connectivity index is 1.84. The summed E-state index contributed by atoms with van der Waals surface area (Å²) in [6.07, 6.45) is 1.97. The lowest BCUT2D eigenvalue weighted by Gasteiger charge is -2.04. The minimum atomic E-state index is -0.421. The molecule has 0 aliphatic carbocycles. The summed E-state index contributed by atoms with van der Waals surface area (Å²) >= 11 is 4.98. The molecule has 0 radical (unpaired) electrons. The number of aliphatic hydroxyl groups is 1. The second kappa shape index (κ2) is 4.25. The van der Waals surface area contributed by atoms with Gasteiger partial charge in [0.25, 0.3) is 0 Å². The SMILES string of the molecule is OC(Cc1nccs1)c1cc2sccc2s1. The number of fused-ring (bicyclic) bond motifs is 1. The molecule has 0 amide bonds. The first kappa shape index (κ1) is 10.4. The topological polar surface area (TPSA) is 33.1 Å². The maximum Gasteiger partial charge on any atom is 0.0954 e. The quantitative estimate of drug-likeness (QED) is 0.785. The van der Waals surface area contributed by atoms with Crippen LogP contribution in [-0.2, 0) is 6.42 Å². The first-order chi connectivity index (χ1) is 7.83. The lowest BCUT2D eigenvalue weighted by atomic mass is 10.2. The zero-order valence-electron chi connectivity index (χ0n) is 8.29. The van der Waals surface area contributed by atoms with Crippen molar-refractivity contribution in [3.8, 4) is 0 Å². The molecule has 3 heterocycles. The molecule has 0 bridgehead atoms. The van der Waals surface area contributed by atoms with Crippen molar-refractivity contribution >= 4 is 43.4 Å². The second-order valence-electron chi connectivity index (χ2n) is 3.44. The van der Waals surface area contributed by atoms with Crippen LogP contribution in [0.1, 0.15) is 16.0 Å². The fourth-order valence-corrected chi connectivity index (χ4v) is 4.33. The van der Waals surface area contributed by atoms with Crippen LogP contribution in [0.2, 0.25) is 0 Å². The van der Waals surface area contributed by atoms with Gasteiger partial charge < -0.3 is 5.11 Å². The van der Waals surface area contributed by atoms with Gasteiger partial charge in [0.05, 0.1) is 11.1 Å². The fourth-order valence-electron chi connectivity index (χ4n) is 1.57. The molecular weight excluding hydrogens is 258 g/mol. The van der Waals surface area contributed by atoms with Gasteiger partial charge in [-0.3, -0.25) is 0 Å². The van der Waals surface area contributed by atoms with Crippen molar-refractivity contribution in [1.82, 2.24) is 4.98 Å². The highest BCUT2D eigenvalue weighted by atomic mass is 32.1. The maximum absolute atomic E-state index is 10.1. The highest BCUT2D eigenvalue weighted by molar-refractivity contribution is 7.26. The summed E-state index contributed by atoms with van der Waals surface area (Å²) in [6.45, 7) is 0. The van der Waals surface area contributed by atoms with Gasteiger partial charge in [-0.1, -0.05) is 0 Å². The van der Waals surface area contributed by atoms with Crippen LogP contribution in [0.3, 0.4) is 0 Å². The molecule has 1 unspecified atom stereocenters. The van der Waals surface area contributed by atoms with Crippen molar-refractivity contribution in [1.29, 1.82) is 0 Å². The Kier molecular flexibility index (Phi) is 2.77. The zero-order chi connectivity index (χ0) is 11.0. The zero-order valence-corrected chi connectivity index (χ0v) is 10.7. The minimum absolute atomic E-state index is 0.421. The normalized spacial score (nSPS) is 13.3. The third-order valence-corrected chi connectivity index (χ3v) is 5.33. The molecule has 0 spiro atoms. The molecule has 0 fully saturated rings. The number of nitrogens with zero attached hydrogens (tertiary/aromatic N) is 1. The first-order valence-electron chi connectivity index (χ1n) is 4.86. The Morgan fingerprint density at radius 2 is 2.19 bits per heavy atom. The Bertz CT molecular complexity index is 553. The van der Waals surface area contributed by atoms with Crippen LogP contribution in [-0.4, -0.2) is 10.1 Å². The van der Waals surface area contributed by atoms with Crippen molar-refractivity contribution in [2.75, 3.05) is 0 Å². The van der Waals surface area contributed by atoms with E-state index in [4.69, 9.17) is 0 Å². The van der Waals surface area contributed by atoms with Crippen LogP contribution in [0, 0.1) is 0 Å². The summed E-state index contributed by atoms with van der Waals surface area (Å²) in [5, 5.41) is 15.1. The molecule has 5 heteroatoms. The summed E-state index contributed by atoms with van der Waals surface area (Å²) in [7, 11) is 0. The fraction of sp³-hybridized carbons (Fsp3) is 0.182. The van der Waals surface area contributed by atoms with Gasteiger partial charge in [0.2, 0.25) is 0 Å². The van der Waals surface area contributed by atoms with Crippen LogP contribution in [0.25, 0.3) is 9.40 Å². The van der Waals surface area contributed by atoms with Crippen LogP contribution < -0.4 is 0 Å². The van der Waals surface area contributed by atoms with Gasteiger partial charge in [0.15, 0.2) is 0 Å². The summed E-state index contributed by atoms with van der Waals surface area (Å²) in [5.74, 6) is 0. The van der Waals surface area contributed by atoms with E-state index < -0.39 is 6.10 Å². The van der Waals surface area contributed by atoms with E-state index in [1.54, 1.807) is 40.2 Å². The largest absolute Gasteiger partial charge is 0.387 e. The van der Waals surface area contributed by atoms with Crippen molar-refractivity contribution in [3.05, 3.63) is 39.0 Å². The van der Waals surface area contributed by atoms with Crippen LogP contribution in [0.4, 0.5) is 0 Å². The lowest BCUT2D eigenvalue weighted by molar-refractivity contribution is 0.182. The molecule has 3 aromatic rings. The average molecular weight is 267 g/mol. The molecule has 3 rings (SSSR count). The van der Waals surface area contributed by atoms with Crippen LogP contribution in [0.15, 0.2) is 29.1 Å². The van der Waals surface area contributed by atoms with Crippen molar-refractivity contribution in [3.63, 3.8) is 0 Å². The van der Waals surface area contributed by atoms with E-state index in [1.807, 2.05) is 5.38 Å². The number of thiazole rings is 1. The molecule has 2 nitrogen and oxygen atoms in total. The predicted octanol–water partition coefficient (Wildman–Crippen LogP) is 3.70.